The number of hydrazone groups is 1. The van der Waals surface area contributed by atoms with E-state index in [0.29, 0.717) is 32.9 Å². The van der Waals surface area contributed by atoms with Gasteiger partial charge in [0.05, 0.1) is 21.2 Å². The summed E-state index contributed by atoms with van der Waals surface area (Å²) < 4.78 is 28.2. The second kappa shape index (κ2) is 7.46. The Balaban J connectivity index is 1.71. The first kappa shape index (κ1) is 18.4. The lowest BCUT2D eigenvalue weighted by Crippen LogP contribution is -2.11. The van der Waals surface area contributed by atoms with Crippen molar-refractivity contribution in [2.75, 3.05) is 5.43 Å². The first-order chi connectivity index (χ1) is 12.3. The van der Waals surface area contributed by atoms with Gasteiger partial charge in [-0.1, -0.05) is 23.2 Å². The van der Waals surface area contributed by atoms with E-state index in [2.05, 4.69) is 15.5 Å². The van der Waals surface area contributed by atoms with Gasteiger partial charge in [0.2, 0.25) is 10.0 Å². The van der Waals surface area contributed by atoms with Crippen LogP contribution in [-0.2, 0) is 10.0 Å². The second-order valence-corrected chi connectivity index (χ2v) is 7.53. The Kier molecular flexibility index (Phi) is 5.28. The Labute approximate surface area is 159 Å². The molecule has 2 aromatic heterocycles. The van der Waals surface area contributed by atoms with Gasteiger partial charge in [0.1, 0.15) is 11.5 Å². The minimum atomic E-state index is -3.73. The number of nitrogens with zero attached hydrogens (tertiary/aromatic N) is 2. The fraction of sp³-hybridized carbons (Fsp3) is 0. The van der Waals surface area contributed by atoms with Crippen molar-refractivity contribution >= 4 is 45.3 Å². The van der Waals surface area contributed by atoms with Crippen LogP contribution in [0.3, 0.4) is 0 Å². The van der Waals surface area contributed by atoms with Crippen LogP contribution in [0, 0.1) is 0 Å². The summed E-state index contributed by atoms with van der Waals surface area (Å²) in [6, 6.07) is 11.0. The van der Waals surface area contributed by atoms with Crippen LogP contribution in [-0.4, -0.2) is 19.6 Å². The highest BCUT2D eigenvalue weighted by atomic mass is 35.5. The Morgan fingerprint density at radius 1 is 1.15 bits per heavy atom. The molecule has 134 valence electrons. The van der Waals surface area contributed by atoms with E-state index in [9.17, 15) is 8.42 Å². The highest BCUT2D eigenvalue weighted by Crippen LogP contribution is 2.24. The molecule has 3 aromatic rings. The SMILES string of the molecule is NS(=O)(=O)c1ccc(-c2ccc(C=NNc3ncc(Cl)cc3Cl)o2)cc1. The van der Waals surface area contributed by atoms with Gasteiger partial charge in [-0.05, 0) is 42.5 Å². The number of anilines is 1. The average molecular weight is 411 g/mol. The molecule has 0 saturated carbocycles. The maximum Gasteiger partial charge on any atom is 0.238 e. The topological polar surface area (TPSA) is 111 Å². The number of rotatable bonds is 5. The number of hydrogen-bond acceptors (Lipinski definition) is 6. The zero-order chi connectivity index (χ0) is 18.7. The molecule has 0 aliphatic rings. The highest BCUT2D eigenvalue weighted by molar-refractivity contribution is 7.89. The quantitative estimate of drug-likeness (QED) is 0.491. The Hall–Kier alpha value is -2.39. The van der Waals surface area contributed by atoms with Gasteiger partial charge >= 0.3 is 0 Å². The van der Waals surface area contributed by atoms with Gasteiger partial charge < -0.3 is 4.42 Å². The largest absolute Gasteiger partial charge is 0.455 e. The monoisotopic (exact) mass is 410 g/mol. The molecule has 3 N–H and O–H groups in total. The molecule has 0 saturated heterocycles. The van der Waals surface area contributed by atoms with Crippen LogP contribution >= 0.6 is 23.2 Å². The predicted molar refractivity (Wildman–Crippen MR) is 101 cm³/mol. The van der Waals surface area contributed by atoms with Crippen molar-refractivity contribution in [2.45, 2.75) is 4.90 Å². The maximum absolute atomic E-state index is 11.3. The molecule has 0 amide bonds. The lowest BCUT2D eigenvalue weighted by atomic mass is 10.2. The van der Waals surface area contributed by atoms with Crippen LogP contribution < -0.4 is 10.6 Å². The molecule has 26 heavy (non-hydrogen) atoms. The molecule has 3 rings (SSSR count). The normalized spacial score (nSPS) is 11.8. The average Bonchev–Trinajstić information content (AvgIpc) is 3.05. The Morgan fingerprint density at radius 3 is 2.54 bits per heavy atom. The van der Waals surface area contributed by atoms with Crippen molar-refractivity contribution in [2.24, 2.45) is 10.2 Å². The van der Waals surface area contributed by atoms with Crippen LogP contribution in [0.4, 0.5) is 5.82 Å². The van der Waals surface area contributed by atoms with Crippen molar-refractivity contribution in [1.29, 1.82) is 0 Å². The number of primary sulfonamides is 1. The first-order valence-electron chi connectivity index (χ1n) is 7.16. The number of nitrogens with one attached hydrogen (secondary N) is 1. The van der Waals surface area contributed by atoms with E-state index in [-0.39, 0.29) is 4.90 Å². The summed E-state index contributed by atoms with van der Waals surface area (Å²) in [7, 11) is -3.73. The summed E-state index contributed by atoms with van der Waals surface area (Å²) in [4.78, 5) is 4.04. The molecule has 0 fully saturated rings. The third kappa shape index (κ3) is 4.41. The van der Waals surface area contributed by atoms with Crippen LogP contribution in [0.25, 0.3) is 11.3 Å². The van der Waals surface area contributed by atoms with Gasteiger partial charge in [-0.2, -0.15) is 5.10 Å². The fourth-order valence-corrected chi connectivity index (χ4v) is 2.98. The lowest BCUT2D eigenvalue weighted by molar-refractivity contribution is 0.575. The molecule has 0 bridgehead atoms. The first-order valence-corrected chi connectivity index (χ1v) is 9.46. The van der Waals surface area contributed by atoms with Crippen molar-refractivity contribution in [3.63, 3.8) is 0 Å². The van der Waals surface area contributed by atoms with Crippen LogP contribution in [0.2, 0.25) is 10.0 Å². The molecule has 0 spiro atoms. The van der Waals surface area contributed by atoms with Crippen LogP contribution in [0.15, 0.2) is 63.1 Å². The van der Waals surface area contributed by atoms with E-state index in [1.54, 1.807) is 30.3 Å². The number of sulfonamides is 1. The summed E-state index contributed by atoms with van der Waals surface area (Å²) in [6.45, 7) is 0. The molecular weight excluding hydrogens is 399 g/mol. The zero-order valence-electron chi connectivity index (χ0n) is 13.1. The summed E-state index contributed by atoms with van der Waals surface area (Å²) >= 11 is 11.8. The number of halogens is 2. The standard InChI is InChI=1S/C16H12Cl2N4O3S/c17-11-7-14(18)16(20-8-11)22-21-9-12-3-6-15(25-12)10-1-4-13(5-2-10)26(19,23)24/h1-9H,(H,20,22)(H2,19,23,24). The number of benzene rings is 1. The van der Waals surface area contributed by atoms with Gasteiger partial charge in [-0.3, -0.25) is 5.43 Å². The molecule has 0 radical (unpaired) electrons. The minimum Gasteiger partial charge on any atom is -0.455 e. The zero-order valence-corrected chi connectivity index (χ0v) is 15.4. The molecule has 0 atom stereocenters. The van der Waals surface area contributed by atoms with Crippen molar-refractivity contribution in [1.82, 2.24) is 4.98 Å². The summed E-state index contributed by atoms with van der Waals surface area (Å²) in [5, 5.41) is 9.84. The number of pyridine rings is 1. The number of furan rings is 1. The van der Waals surface area contributed by atoms with Gasteiger partial charge in [0.25, 0.3) is 0 Å². The van der Waals surface area contributed by atoms with Crippen molar-refractivity contribution < 1.29 is 12.8 Å². The van der Waals surface area contributed by atoms with E-state index < -0.39 is 10.0 Å². The van der Waals surface area contributed by atoms with Crippen LogP contribution in [0.1, 0.15) is 5.76 Å². The molecule has 2 heterocycles. The van der Waals surface area contributed by atoms with Crippen molar-refractivity contribution in [3.05, 3.63) is 64.5 Å². The van der Waals surface area contributed by atoms with Crippen LogP contribution in [0.5, 0.6) is 0 Å². The van der Waals surface area contributed by atoms with E-state index >= 15 is 0 Å². The predicted octanol–water partition coefficient (Wildman–Crippen LogP) is 3.74. The molecule has 0 aliphatic carbocycles. The lowest BCUT2D eigenvalue weighted by Gasteiger charge is -2.01. The Bertz CT molecular complexity index is 1060. The number of hydrogen-bond donors (Lipinski definition) is 2. The summed E-state index contributed by atoms with van der Waals surface area (Å²) in [5.74, 6) is 1.39. The molecule has 1 aromatic carbocycles. The van der Waals surface area contributed by atoms with E-state index in [4.69, 9.17) is 32.8 Å². The highest BCUT2D eigenvalue weighted by Gasteiger charge is 2.09. The van der Waals surface area contributed by atoms with E-state index in [0.717, 1.165) is 0 Å². The maximum atomic E-state index is 11.3. The molecule has 0 unspecified atom stereocenters. The van der Waals surface area contributed by atoms with Gasteiger partial charge in [0, 0.05) is 11.8 Å². The molecule has 0 aliphatic heterocycles. The van der Waals surface area contributed by atoms with Gasteiger partial charge in [-0.15, -0.1) is 0 Å². The third-order valence-corrected chi connectivity index (χ3v) is 4.69. The number of aromatic nitrogens is 1. The number of nitrogens with two attached hydrogens (primary N) is 1. The fourth-order valence-electron chi connectivity index (χ4n) is 2.04. The smallest absolute Gasteiger partial charge is 0.238 e. The third-order valence-electron chi connectivity index (χ3n) is 3.26. The van der Waals surface area contributed by atoms with Crippen molar-refractivity contribution in [3.8, 4) is 11.3 Å². The minimum absolute atomic E-state index is 0.0335. The van der Waals surface area contributed by atoms with E-state index in [1.807, 2.05) is 0 Å². The molecular formula is C16H12Cl2N4O3S. The van der Waals surface area contributed by atoms with Gasteiger partial charge in [-0.25, -0.2) is 18.5 Å². The Morgan fingerprint density at radius 2 is 1.88 bits per heavy atom. The second-order valence-electron chi connectivity index (χ2n) is 5.13. The molecule has 7 nitrogen and oxygen atoms in total. The molecule has 10 heteroatoms. The summed E-state index contributed by atoms with van der Waals surface area (Å²) in [6.07, 6.45) is 2.90. The van der Waals surface area contributed by atoms with Gasteiger partial charge in [0.15, 0.2) is 5.82 Å². The summed E-state index contributed by atoms with van der Waals surface area (Å²) in [5.41, 5.74) is 3.39. The van der Waals surface area contributed by atoms with E-state index in [1.165, 1.54) is 24.5 Å².